The number of nitrogens with two attached hydrogens (primary N) is 1. The van der Waals surface area contributed by atoms with Gasteiger partial charge in [0.2, 0.25) is 0 Å². The molecule has 2 aromatic carbocycles. The van der Waals surface area contributed by atoms with Gasteiger partial charge in [-0.3, -0.25) is 0 Å². The van der Waals surface area contributed by atoms with Crippen LogP contribution in [0.5, 0.6) is 0 Å². The van der Waals surface area contributed by atoms with Crippen LogP contribution in [0.15, 0.2) is 54.8 Å². The standard InChI is InChI=1S/C19H20FN3/c1-12(2)23-19-10-15(18(22)11-16(19)20)17(21)9-8-14-7-5-4-6-13(14)3/h4-11,21,23H,1,22H2,2-3H3/b9-8+,21-17?. The summed E-state index contributed by atoms with van der Waals surface area (Å²) in [7, 11) is 0. The van der Waals surface area contributed by atoms with Gasteiger partial charge in [0, 0.05) is 16.9 Å². The fraction of sp³-hybridized carbons (Fsp3) is 0.105. The lowest BCUT2D eigenvalue weighted by Crippen LogP contribution is -2.05. The van der Waals surface area contributed by atoms with Crippen LogP contribution < -0.4 is 11.1 Å². The number of halogens is 1. The quantitative estimate of drug-likeness (QED) is 0.551. The molecule has 3 nitrogen and oxygen atoms in total. The molecule has 0 spiro atoms. The van der Waals surface area contributed by atoms with Crippen LogP contribution in [0.2, 0.25) is 0 Å². The summed E-state index contributed by atoms with van der Waals surface area (Å²) in [5, 5.41) is 11.0. The first-order chi connectivity index (χ1) is 10.9. The molecule has 0 aliphatic rings. The normalized spacial score (nSPS) is 10.7. The third-order valence-corrected chi connectivity index (χ3v) is 3.40. The molecule has 0 radical (unpaired) electrons. The van der Waals surface area contributed by atoms with Crippen LogP contribution in [0.4, 0.5) is 15.8 Å². The lowest BCUT2D eigenvalue weighted by Gasteiger charge is -2.11. The summed E-state index contributed by atoms with van der Waals surface area (Å²) < 4.78 is 13.9. The monoisotopic (exact) mass is 309 g/mol. The van der Waals surface area contributed by atoms with E-state index in [1.807, 2.05) is 37.3 Å². The number of rotatable bonds is 5. The summed E-state index contributed by atoms with van der Waals surface area (Å²) in [6.07, 6.45) is 3.52. The molecule has 0 aliphatic heterocycles. The molecular weight excluding hydrogens is 289 g/mol. The van der Waals surface area contributed by atoms with Crippen molar-refractivity contribution in [1.82, 2.24) is 0 Å². The Morgan fingerprint density at radius 3 is 2.65 bits per heavy atom. The molecule has 0 atom stereocenters. The molecule has 0 unspecified atom stereocenters. The van der Waals surface area contributed by atoms with Crippen molar-refractivity contribution in [2.24, 2.45) is 0 Å². The summed E-state index contributed by atoms with van der Waals surface area (Å²) in [6, 6.07) is 10.6. The summed E-state index contributed by atoms with van der Waals surface area (Å²) >= 11 is 0. The molecule has 23 heavy (non-hydrogen) atoms. The minimum absolute atomic E-state index is 0.218. The van der Waals surface area contributed by atoms with E-state index in [0.29, 0.717) is 11.3 Å². The van der Waals surface area contributed by atoms with Crippen molar-refractivity contribution in [3.63, 3.8) is 0 Å². The molecule has 0 saturated carbocycles. The van der Waals surface area contributed by atoms with Gasteiger partial charge in [-0.15, -0.1) is 0 Å². The van der Waals surface area contributed by atoms with Crippen molar-refractivity contribution in [3.05, 3.63) is 77.3 Å². The van der Waals surface area contributed by atoms with E-state index in [-0.39, 0.29) is 17.1 Å². The second-order valence-corrected chi connectivity index (χ2v) is 5.43. The van der Waals surface area contributed by atoms with E-state index in [1.165, 1.54) is 12.1 Å². The molecule has 0 amide bonds. The van der Waals surface area contributed by atoms with Gasteiger partial charge in [0.25, 0.3) is 0 Å². The fourth-order valence-electron chi connectivity index (χ4n) is 2.18. The first-order valence-corrected chi connectivity index (χ1v) is 7.22. The minimum Gasteiger partial charge on any atom is -0.398 e. The maximum Gasteiger partial charge on any atom is 0.148 e. The molecule has 2 rings (SSSR count). The maximum absolute atomic E-state index is 13.9. The number of nitrogen functional groups attached to an aromatic ring is 1. The first-order valence-electron chi connectivity index (χ1n) is 7.22. The Balaban J connectivity index is 2.32. The highest BCUT2D eigenvalue weighted by Gasteiger charge is 2.10. The van der Waals surface area contributed by atoms with Crippen molar-refractivity contribution in [2.45, 2.75) is 13.8 Å². The molecule has 0 bridgehead atoms. The van der Waals surface area contributed by atoms with Crippen molar-refractivity contribution >= 4 is 23.2 Å². The zero-order valence-corrected chi connectivity index (χ0v) is 13.3. The first kappa shape index (κ1) is 16.5. The summed E-state index contributed by atoms with van der Waals surface area (Å²) in [5.41, 5.74) is 9.79. The third kappa shape index (κ3) is 4.07. The van der Waals surface area contributed by atoms with E-state index < -0.39 is 5.82 Å². The van der Waals surface area contributed by atoms with Crippen molar-refractivity contribution in [2.75, 3.05) is 11.1 Å². The van der Waals surface area contributed by atoms with E-state index in [1.54, 1.807) is 13.0 Å². The molecule has 2 aromatic rings. The summed E-state index contributed by atoms with van der Waals surface area (Å²) in [5.74, 6) is -0.468. The molecule has 118 valence electrons. The van der Waals surface area contributed by atoms with Gasteiger partial charge < -0.3 is 16.5 Å². The molecule has 0 aromatic heterocycles. The van der Waals surface area contributed by atoms with Crippen LogP contribution in [0.1, 0.15) is 23.6 Å². The van der Waals surface area contributed by atoms with E-state index in [9.17, 15) is 4.39 Å². The predicted octanol–water partition coefficient (Wildman–Crippen LogP) is 4.74. The molecule has 0 fully saturated rings. The highest BCUT2D eigenvalue weighted by molar-refractivity contribution is 6.12. The predicted molar refractivity (Wildman–Crippen MR) is 96.3 cm³/mol. The average molecular weight is 309 g/mol. The Labute approximate surface area is 135 Å². The highest BCUT2D eigenvalue weighted by atomic mass is 19.1. The smallest absolute Gasteiger partial charge is 0.148 e. The molecule has 0 heterocycles. The third-order valence-electron chi connectivity index (χ3n) is 3.40. The number of hydrogen-bond donors (Lipinski definition) is 3. The van der Waals surface area contributed by atoms with Gasteiger partial charge in [0.1, 0.15) is 5.82 Å². The van der Waals surface area contributed by atoms with Gasteiger partial charge in [-0.05, 0) is 43.2 Å². The number of anilines is 2. The molecule has 0 saturated heterocycles. The van der Waals surface area contributed by atoms with Crippen LogP contribution in [-0.2, 0) is 0 Å². The van der Waals surface area contributed by atoms with Crippen LogP contribution in [-0.4, -0.2) is 5.71 Å². The summed E-state index contributed by atoms with van der Waals surface area (Å²) in [4.78, 5) is 0. The van der Waals surface area contributed by atoms with Crippen LogP contribution in [0.25, 0.3) is 6.08 Å². The van der Waals surface area contributed by atoms with Gasteiger partial charge >= 0.3 is 0 Å². The Morgan fingerprint density at radius 2 is 2.00 bits per heavy atom. The zero-order valence-electron chi connectivity index (χ0n) is 13.3. The molecular formula is C19H20FN3. The minimum atomic E-state index is -0.468. The summed E-state index contributed by atoms with van der Waals surface area (Å²) in [6.45, 7) is 7.44. The topological polar surface area (TPSA) is 61.9 Å². The van der Waals surface area contributed by atoms with Crippen molar-refractivity contribution in [3.8, 4) is 0 Å². The number of aryl methyl sites for hydroxylation is 1. The van der Waals surface area contributed by atoms with E-state index >= 15 is 0 Å². The Kier molecular flexibility index (Phi) is 4.96. The fourth-order valence-corrected chi connectivity index (χ4v) is 2.18. The van der Waals surface area contributed by atoms with Gasteiger partial charge in [-0.1, -0.05) is 36.9 Å². The second kappa shape index (κ2) is 6.92. The van der Waals surface area contributed by atoms with Gasteiger partial charge in [0.15, 0.2) is 0 Å². The Morgan fingerprint density at radius 1 is 1.30 bits per heavy atom. The highest BCUT2D eigenvalue weighted by Crippen LogP contribution is 2.24. The van der Waals surface area contributed by atoms with Crippen LogP contribution >= 0.6 is 0 Å². The largest absolute Gasteiger partial charge is 0.398 e. The lowest BCUT2D eigenvalue weighted by molar-refractivity contribution is 0.632. The SMILES string of the molecule is C=C(C)Nc1cc(C(=N)/C=C/c2ccccc2C)c(N)cc1F. The van der Waals surface area contributed by atoms with Crippen molar-refractivity contribution < 1.29 is 4.39 Å². The number of benzene rings is 2. The number of hydrogen-bond acceptors (Lipinski definition) is 3. The van der Waals surface area contributed by atoms with E-state index in [4.69, 9.17) is 11.1 Å². The molecule has 4 N–H and O–H groups in total. The average Bonchev–Trinajstić information content (AvgIpc) is 2.48. The van der Waals surface area contributed by atoms with Gasteiger partial charge in [0.05, 0.1) is 11.4 Å². The number of allylic oxidation sites excluding steroid dienone is 2. The maximum atomic E-state index is 13.9. The van der Waals surface area contributed by atoms with Gasteiger partial charge in [-0.25, -0.2) is 4.39 Å². The van der Waals surface area contributed by atoms with E-state index in [2.05, 4.69) is 11.9 Å². The molecule has 0 aliphatic carbocycles. The number of nitrogens with one attached hydrogen (secondary N) is 2. The van der Waals surface area contributed by atoms with Gasteiger partial charge in [-0.2, -0.15) is 0 Å². The lowest BCUT2D eigenvalue weighted by atomic mass is 10.0. The Bertz CT molecular complexity index is 791. The molecule has 4 heteroatoms. The van der Waals surface area contributed by atoms with E-state index in [0.717, 1.165) is 11.1 Å². The van der Waals surface area contributed by atoms with Crippen LogP contribution in [0.3, 0.4) is 0 Å². The van der Waals surface area contributed by atoms with Crippen LogP contribution in [0, 0.1) is 18.2 Å². The van der Waals surface area contributed by atoms with Crippen molar-refractivity contribution in [1.29, 1.82) is 5.41 Å². The Hall–Kier alpha value is -2.88. The second-order valence-electron chi connectivity index (χ2n) is 5.43. The zero-order chi connectivity index (χ0) is 17.0.